The second-order valence-electron chi connectivity index (χ2n) is 5.13. The Bertz CT molecular complexity index is 418. The Morgan fingerprint density at radius 1 is 1.50 bits per heavy atom. The summed E-state index contributed by atoms with van der Waals surface area (Å²) in [6.45, 7) is 0.458. The third-order valence-corrected chi connectivity index (χ3v) is 5.40. The molecule has 0 aromatic rings. The highest BCUT2D eigenvalue weighted by atomic mass is 127. The zero-order valence-electron chi connectivity index (χ0n) is 8.62. The number of Topliss-reactive ketones (excluding diaryl/α,β-unsaturated/α-hetero) is 1. The number of hydrogen-bond donors (Lipinski definition) is 0. The van der Waals surface area contributed by atoms with Gasteiger partial charge in [-0.05, 0) is 25.2 Å². The molecule has 1 heterocycles. The highest BCUT2D eigenvalue weighted by Gasteiger charge is 2.77. The molecule has 0 radical (unpaired) electrons. The molecule has 4 nitrogen and oxygen atoms in total. The van der Waals surface area contributed by atoms with Crippen LogP contribution in [0.3, 0.4) is 0 Å². The highest BCUT2D eigenvalue weighted by molar-refractivity contribution is 14.1. The summed E-state index contributed by atoms with van der Waals surface area (Å²) in [5, 5.41) is 0. The van der Waals surface area contributed by atoms with Crippen LogP contribution in [0.2, 0.25) is 0 Å². The van der Waals surface area contributed by atoms with Crippen LogP contribution in [-0.2, 0) is 19.1 Å². The Labute approximate surface area is 106 Å². The van der Waals surface area contributed by atoms with Crippen LogP contribution < -0.4 is 0 Å². The van der Waals surface area contributed by atoms with Crippen LogP contribution in [0.15, 0.2) is 0 Å². The summed E-state index contributed by atoms with van der Waals surface area (Å²) >= 11 is 1.49. The van der Waals surface area contributed by atoms with Gasteiger partial charge in [-0.2, -0.15) is 0 Å². The lowest BCUT2D eigenvalue weighted by Crippen LogP contribution is -2.65. The first-order valence-electron chi connectivity index (χ1n) is 5.42. The molecule has 2 saturated carbocycles. The first kappa shape index (κ1) is 10.7. The van der Waals surface area contributed by atoms with Gasteiger partial charge < -0.3 is 4.74 Å². The molecule has 86 valence electrons. The SMILES string of the molecule is O=C(I)C(=O)C[C@@]12C[C@H]3CC[C@]31COC2=O. The van der Waals surface area contributed by atoms with Crippen molar-refractivity contribution in [1.29, 1.82) is 0 Å². The van der Waals surface area contributed by atoms with E-state index in [1.54, 1.807) is 0 Å². The number of ether oxygens (including phenoxy) is 1. The lowest BCUT2D eigenvalue weighted by molar-refractivity contribution is -0.194. The molecule has 0 N–H and O–H groups in total. The van der Waals surface area contributed by atoms with Crippen LogP contribution in [0.1, 0.15) is 25.7 Å². The molecule has 0 amide bonds. The number of hydrogen-bond acceptors (Lipinski definition) is 4. The van der Waals surface area contributed by atoms with E-state index in [0.29, 0.717) is 12.5 Å². The van der Waals surface area contributed by atoms with Gasteiger partial charge in [0.2, 0.25) is 5.78 Å². The summed E-state index contributed by atoms with van der Waals surface area (Å²) < 4.78 is 4.66. The lowest BCUT2D eigenvalue weighted by atomic mass is 9.35. The van der Waals surface area contributed by atoms with Gasteiger partial charge in [-0.3, -0.25) is 14.4 Å². The summed E-state index contributed by atoms with van der Waals surface area (Å²) in [4.78, 5) is 34.3. The molecule has 0 aromatic carbocycles. The molecule has 3 atom stereocenters. The van der Waals surface area contributed by atoms with Gasteiger partial charge in [0, 0.05) is 34.4 Å². The number of ketones is 1. The van der Waals surface area contributed by atoms with E-state index in [4.69, 9.17) is 4.74 Å². The second kappa shape index (κ2) is 3.05. The number of halogens is 1. The Morgan fingerprint density at radius 3 is 2.75 bits per heavy atom. The first-order chi connectivity index (χ1) is 7.52. The Kier molecular flexibility index (Phi) is 2.04. The maximum Gasteiger partial charge on any atom is 0.313 e. The number of cyclic esters (lactones) is 1. The van der Waals surface area contributed by atoms with E-state index in [1.165, 1.54) is 22.6 Å². The maximum atomic E-state index is 11.8. The van der Waals surface area contributed by atoms with Crippen LogP contribution in [0.4, 0.5) is 0 Å². The summed E-state index contributed by atoms with van der Waals surface area (Å²) in [6.07, 6.45) is 2.89. The Morgan fingerprint density at radius 2 is 2.25 bits per heavy atom. The molecule has 0 bridgehead atoms. The van der Waals surface area contributed by atoms with Crippen LogP contribution in [0.25, 0.3) is 0 Å². The number of carbonyl (C=O) groups excluding carboxylic acids is 3. The van der Waals surface area contributed by atoms with E-state index >= 15 is 0 Å². The van der Waals surface area contributed by atoms with Crippen molar-refractivity contribution in [2.24, 2.45) is 16.7 Å². The predicted octanol–water partition coefficient (Wildman–Crippen LogP) is 1.25. The molecule has 5 heteroatoms. The average Bonchev–Trinajstić information content (AvgIpc) is 2.48. The third kappa shape index (κ3) is 0.983. The molecule has 1 aliphatic heterocycles. The van der Waals surface area contributed by atoms with E-state index in [2.05, 4.69) is 0 Å². The van der Waals surface area contributed by atoms with Gasteiger partial charge in [0.15, 0.2) is 0 Å². The van der Waals surface area contributed by atoms with Gasteiger partial charge in [-0.1, -0.05) is 0 Å². The van der Waals surface area contributed by atoms with Crippen LogP contribution in [0.5, 0.6) is 0 Å². The van der Waals surface area contributed by atoms with Crippen LogP contribution in [-0.4, -0.2) is 22.1 Å². The van der Waals surface area contributed by atoms with Crippen molar-refractivity contribution < 1.29 is 19.1 Å². The van der Waals surface area contributed by atoms with Crippen molar-refractivity contribution in [3.8, 4) is 0 Å². The van der Waals surface area contributed by atoms with Crippen LogP contribution >= 0.6 is 22.6 Å². The molecule has 16 heavy (non-hydrogen) atoms. The van der Waals surface area contributed by atoms with Gasteiger partial charge >= 0.3 is 5.97 Å². The van der Waals surface area contributed by atoms with E-state index in [-0.39, 0.29) is 17.8 Å². The topological polar surface area (TPSA) is 60.4 Å². The highest BCUT2D eigenvalue weighted by Crippen LogP contribution is 2.75. The third-order valence-electron chi connectivity index (χ3n) is 4.80. The fraction of sp³-hybridized carbons (Fsp3) is 0.727. The van der Waals surface area contributed by atoms with Crippen molar-refractivity contribution in [2.75, 3.05) is 6.61 Å². The summed E-state index contributed by atoms with van der Waals surface area (Å²) in [5.74, 6) is -0.158. The molecule has 3 aliphatic rings. The largest absolute Gasteiger partial charge is 0.465 e. The molecule has 0 unspecified atom stereocenters. The van der Waals surface area contributed by atoms with E-state index in [1.807, 2.05) is 0 Å². The first-order valence-corrected chi connectivity index (χ1v) is 6.50. The fourth-order valence-corrected chi connectivity index (χ4v) is 3.92. The second-order valence-corrected chi connectivity index (χ2v) is 6.11. The van der Waals surface area contributed by atoms with Crippen molar-refractivity contribution in [3.05, 3.63) is 0 Å². The molecular weight excluding hydrogens is 323 g/mol. The monoisotopic (exact) mass is 334 g/mol. The zero-order chi connectivity index (χ0) is 11.6. The van der Waals surface area contributed by atoms with Crippen molar-refractivity contribution in [2.45, 2.75) is 25.7 Å². The normalized spacial score (nSPS) is 43.6. The summed E-state index contributed by atoms with van der Waals surface area (Å²) in [6, 6.07) is 0. The van der Waals surface area contributed by atoms with E-state index < -0.39 is 15.0 Å². The number of carbonyl (C=O) groups is 3. The van der Waals surface area contributed by atoms with E-state index in [0.717, 1.165) is 19.3 Å². The van der Waals surface area contributed by atoms with Gasteiger partial charge in [-0.25, -0.2) is 0 Å². The smallest absolute Gasteiger partial charge is 0.313 e. The molecule has 1 saturated heterocycles. The van der Waals surface area contributed by atoms with Gasteiger partial charge in [0.25, 0.3) is 3.79 Å². The summed E-state index contributed by atoms with van der Waals surface area (Å²) in [5.41, 5.74) is -0.736. The minimum Gasteiger partial charge on any atom is -0.465 e. The van der Waals surface area contributed by atoms with Crippen LogP contribution in [0, 0.1) is 16.7 Å². The molecule has 3 rings (SSSR count). The number of esters is 1. The van der Waals surface area contributed by atoms with Gasteiger partial charge in [0.1, 0.15) is 0 Å². The minimum absolute atomic E-state index is 0.0596. The lowest BCUT2D eigenvalue weighted by Gasteiger charge is -2.64. The zero-order valence-corrected chi connectivity index (χ0v) is 10.8. The van der Waals surface area contributed by atoms with Crippen molar-refractivity contribution in [3.63, 3.8) is 0 Å². The Hall–Kier alpha value is -0.460. The standard InChI is InChI=1S/C11H11IO4/c12-8(14)7(13)4-11-3-6-1-2-10(6,11)5-16-9(11)15/h6H,1-5H2/t6-,10+,11-/m1/s1. The molecule has 0 aromatic heterocycles. The predicted molar refractivity (Wildman–Crippen MR) is 61.8 cm³/mol. The van der Waals surface area contributed by atoms with Crippen molar-refractivity contribution in [1.82, 2.24) is 0 Å². The summed E-state index contributed by atoms with van der Waals surface area (Å²) in [7, 11) is 0. The molecule has 2 aliphatic carbocycles. The van der Waals surface area contributed by atoms with Gasteiger partial charge in [-0.15, -0.1) is 0 Å². The maximum absolute atomic E-state index is 11.8. The fourth-order valence-electron chi connectivity index (χ4n) is 3.73. The van der Waals surface area contributed by atoms with E-state index in [9.17, 15) is 14.4 Å². The number of rotatable bonds is 3. The molecule has 3 fully saturated rings. The minimum atomic E-state index is -0.645. The molecule has 1 spiro atoms. The Balaban J connectivity index is 1.89. The van der Waals surface area contributed by atoms with Crippen molar-refractivity contribution >= 4 is 38.1 Å². The average molecular weight is 334 g/mol. The molecular formula is C11H11IO4. The quantitative estimate of drug-likeness (QED) is 0.337. The van der Waals surface area contributed by atoms with Gasteiger partial charge in [0.05, 0.1) is 12.0 Å².